The fourth-order valence-corrected chi connectivity index (χ4v) is 4.33. The van der Waals surface area contributed by atoms with E-state index in [1.807, 2.05) is 60.5 Å². The topological polar surface area (TPSA) is 79.4 Å². The van der Waals surface area contributed by atoms with Gasteiger partial charge in [0.25, 0.3) is 5.91 Å². The molecule has 0 aliphatic carbocycles. The van der Waals surface area contributed by atoms with E-state index in [4.69, 9.17) is 4.42 Å². The molecule has 0 fully saturated rings. The van der Waals surface area contributed by atoms with Crippen LogP contribution in [0.3, 0.4) is 0 Å². The second-order valence-electron chi connectivity index (χ2n) is 7.70. The molecule has 0 radical (unpaired) electrons. The lowest BCUT2D eigenvalue weighted by molar-refractivity contribution is 0.0675. The molecular weight excluding hydrogens is 378 g/mol. The normalized spacial score (nSPS) is 16.3. The summed E-state index contributed by atoms with van der Waals surface area (Å²) in [6.45, 7) is 2.58. The van der Waals surface area contributed by atoms with E-state index >= 15 is 0 Å². The van der Waals surface area contributed by atoms with Gasteiger partial charge < -0.3 is 14.3 Å². The molecule has 148 valence electrons. The summed E-state index contributed by atoms with van der Waals surface area (Å²) in [6.07, 6.45) is 5.93. The van der Waals surface area contributed by atoms with Crippen LogP contribution in [0, 0.1) is 6.92 Å². The summed E-state index contributed by atoms with van der Waals surface area (Å²) in [5.41, 5.74) is 5.14. The number of benzene rings is 1. The van der Waals surface area contributed by atoms with E-state index in [-0.39, 0.29) is 11.9 Å². The SMILES string of the molecule is Cc1ccn2ncc(C(=O)N3CCc4[nH]cnc4[C@H]3c3cc4ccccc4o3)c2c1. The third-order valence-corrected chi connectivity index (χ3v) is 5.81. The van der Waals surface area contributed by atoms with Gasteiger partial charge in [-0.1, -0.05) is 18.2 Å². The summed E-state index contributed by atoms with van der Waals surface area (Å²) in [4.78, 5) is 23.3. The third kappa shape index (κ3) is 2.48. The van der Waals surface area contributed by atoms with Crippen LogP contribution in [0.5, 0.6) is 0 Å². The highest BCUT2D eigenvalue weighted by molar-refractivity contribution is 6.01. The van der Waals surface area contributed by atoms with Gasteiger partial charge in [0.1, 0.15) is 17.4 Å². The Bertz CT molecular complexity index is 1380. The lowest BCUT2D eigenvalue weighted by atomic mass is 9.99. The van der Waals surface area contributed by atoms with Gasteiger partial charge in [0.15, 0.2) is 0 Å². The van der Waals surface area contributed by atoms with Gasteiger partial charge >= 0.3 is 0 Å². The van der Waals surface area contributed by atoms with Gasteiger partial charge in [0.2, 0.25) is 0 Å². The molecule has 4 aromatic heterocycles. The summed E-state index contributed by atoms with van der Waals surface area (Å²) in [5, 5.41) is 5.37. The number of rotatable bonds is 2. The molecule has 0 saturated carbocycles. The largest absolute Gasteiger partial charge is 0.458 e. The minimum absolute atomic E-state index is 0.0743. The maximum Gasteiger partial charge on any atom is 0.258 e. The van der Waals surface area contributed by atoms with E-state index in [1.165, 1.54) is 0 Å². The van der Waals surface area contributed by atoms with Crippen LogP contribution in [-0.4, -0.2) is 36.9 Å². The molecule has 5 heterocycles. The van der Waals surface area contributed by atoms with Crippen LogP contribution in [0.25, 0.3) is 16.5 Å². The van der Waals surface area contributed by atoms with Crippen molar-refractivity contribution in [1.29, 1.82) is 0 Å². The first-order valence-electron chi connectivity index (χ1n) is 9.94. The Morgan fingerprint density at radius 1 is 1.23 bits per heavy atom. The summed E-state index contributed by atoms with van der Waals surface area (Å²) in [5.74, 6) is 0.639. The molecule has 7 nitrogen and oxygen atoms in total. The minimum Gasteiger partial charge on any atom is -0.458 e. The molecular formula is C23H19N5O2. The van der Waals surface area contributed by atoms with Crippen molar-refractivity contribution in [3.63, 3.8) is 0 Å². The van der Waals surface area contributed by atoms with Crippen LogP contribution in [0.15, 0.2) is 65.6 Å². The zero-order chi connectivity index (χ0) is 20.2. The van der Waals surface area contributed by atoms with Crippen LogP contribution in [0.4, 0.5) is 0 Å². The van der Waals surface area contributed by atoms with Gasteiger partial charge in [-0.15, -0.1) is 0 Å². The van der Waals surface area contributed by atoms with E-state index in [2.05, 4.69) is 15.1 Å². The van der Waals surface area contributed by atoms with Crippen LogP contribution < -0.4 is 0 Å². The Labute approximate surface area is 171 Å². The number of fused-ring (bicyclic) bond motifs is 3. The Morgan fingerprint density at radius 3 is 3.03 bits per heavy atom. The molecule has 1 aliphatic heterocycles. The molecule has 0 spiro atoms. The summed E-state index contributed by atoms with van der Waals surface area (Å²) in [7, 11) is 0. The second-order valence-corrected chi connectivity index (χ2v) is 7.70. The van der Waals surface area contributed by atoms with E-state index in [0.29, 0.717) is 17.9 Å². The minimum atomic E-state index is -0.389. The number of nitrogens with one attached hydrogen (secondary N) is 1. The lowest BCUT2D eigenvalue weighted by Gasteiger charge is -2.33. The van der Waals surface area contributed by atoms with Crippen molar-refractivity contribution in [2.75, 3.05) is 6.54 Å². The number of amides is 1. The number of aryl methyl sites for hydroxylation is 1. The van der Waals surface area contributed by atoms with Gasteiger partial charge in [-0.05, 0) is 36.8 Å². The van der Waals surface area contributed by atoms with Crippen LogP contribution in [-0.2, 0) is 6.42 Å². The highest BCUT2D eigenvalue weighted by Gasteiger charge is 2.37. The molecule has 6 rings (SSSR count). The van der Waals surface area contributed by atoms with Crippen molar-refractivity contribution in [2.24, 2.45) is 0 Å². The second kappa shape index (κ2) is 6.32. The van der Waals surface area contributed by atoms with Crippen molar-refractivity contribution in [2.45, 2.75) is 19.4 Å². The molecule has 1 amide bonds. The molecule has 7 heteroatoms. The number of carbonyl (C=O) groups excluding carboxylic acids is 1. The van der Waals surface area contributed by atoms with E-state index in [9.17, 15) is 4.79 Å². The Morgan fingerprint density at radius 2 is 2.13 bits per heavy atom. The first-order chi connectivity index (χ1) is 14.7. The Kier molecular flexibility index (Phi) is 3.59. The van der Waals surface area contributed by atoms with Gasteiger partial charge in [0.05, 0.1) is 29.3 Å². The predicted octanol–water partition coefficient (Wildman–Crippen LogP) is 3.90. The number of hydrogen-bond acceptors (Lipinski definition) is 4. The highest BCUT2D eigenvalue weighted by Crippen LogP contribution is 2.37. The molecule has 5 aromatic rings. The zero-order valence-electron chi connectivity index (χ0n) is 16.4. The average molecular weight is 397 g/mol. The molecule has 1 atom stereocenters. The van der Waals surface area contributed by atoms with Crippen molar-refractivity contribution in [3.05, 3.63) is 89.5 Å². The highest BCUT2D eigenvalue weighted by atomic mass is 16.3. The number of pyridine rings is 1. The number of imidazole rings is 1. The van der Waals surface area contributed by atoms with Gasteiger partial charge in [-0.25, -0.2) is 9.50 Å². The van der Waals surface area contributed by atoms with Crippen molar-refractivity contribution < 1.29 is 9.21 Å². The van der Waals surface area contributed by atoms with Crippen molar-refractivity contribution in [1.82, 2.24) is 24.5 Å². The number of aromatic amines is 1. The van der Waals surface area contributed by atoms with Gasteiger partial charge in [-0.2, -0.15) is 5.10 Å². The van der Waals surface area contributed by atoms with Crippen LogP contribution in [0.2, 0.25) is 0 Å². The number of carbonyl (C=O) groups is 1. The first kappa shape index (κ1) is 17.0. The van der Waals surface area contributed by atoms with Crippen LogP contribution >= 0.6 is 0 Å². The number of hydrogen-bond donors (Lipinski definition) is 1. The quantitative estimate of drug-likeness (QED) is 0.490. The first-order valence-corrected chi connectivity index (χ1v) is 9.94. The summed E-state index contributed by atoms with van der Waals surface area (Å²) < 4.78 is 7.91. The van der Waals surface area contributed by atoms with Gasteiger partial charge in [0, 0.05) is 30.2 Å². The fourth-order valence-electron chi connectivity index (χ4n) is 4.33. The molecule has 0 unspecified atom stereocenters. The summed E-state index contributed by atoms with van der Waals surface area (Å²) >= 11 is 0. The van der Waals surface area contributed by atoms with Gasteiger partial charge in [-0.3, -0.25) is 4.79 Å². The molecule has 0 saturated heterocycles. The molecule has 1 aliphatic rings. The van der Waals surface area contributed by atoms with E-state index in [1.54, 1.807) is 17.0 Å². The number of furan rings is 1. The monoisotopic (exact) mass is 397 g/mol. The van der Waals surface area contributed by atoms with Crippen LogP contribution in [0.1, 0.15) is 39.1 Å². The van der Waals surface area contributed by atoms with E-state index in [0.717, 1.165) is 39.9 Å². The molecule has 30 heavy (non-hydrogen) atoms. The van der Waals surface area contributed by atoms with E-state index < -0.39 is 0 Å². The zero-order valence-corrected chi connectivity index (χ0v) is 16.4. The Balaban J connectivity index is 1.49. The smallest absolute Gasteiger partial charge is 0.258 e. The molecule has 1 aromatic carbocycles. The predicted molar refractivity (Wildman–Crippen MR) is 111 cm³/mol. The maximum atomic E-state index is 13.7. The Hall–Kier alpha value is -3.87. The number of nitrogens with zero attached hydrogens (tertiary/aromatic N) is 4. The van der Waals surface area contributed by atoms with Crippen molar-refractivity contribution >= 4 is 22.4 Å². The number of aromatic nitrogens is 4. The lowest BCUT2D eigenvalue weighted by Crippen LogP contribution is -2.40. The maximum absolute atomic E-state index is 13.7. The number of para-hydroxylation sites is 1. The van der Waals surface area contributed by atoms with Crippen molar-refractivity contribution in [3.8, 4) is 0 Å². The molecule has 1 N–H and O–H groups in total. The summed E-state index contributed by atoms with van der Waals surface area (Å²) in [6, 6.07) is 13.4. The average Bonchev–Trinajstić information content (AvgIpc) is 3.49. The third-order valence-electron chi connectivity index (χ3n) is 5.81. The standard InChI is InChI=1S/C23H19N5O2/c1-14-6-9-28-18(10-14)16(12-26-28)23(29)27-8-7-17-21(25-13-24-17)22(27)20-11-15-4-2-3-5-19(15)30-20/h2-6,9-13,22H,7-8H2,1H3,(H,24,25)/t22-/m1/s1. The number of H-pyrrole nitrogens is 1. The fraction of sp³-hybridized carbons (Fsp3) is 0.174. The molecule has 0 bridgehead atoms.